The molecule has 1 aromatic rings. The van der Waals surface area contributed by atoms with Gasteiger partial charge in [-0.2, -0.15) is 0 Å². The molecule has 1 atom stereocenters. The molecule has 2 rings (SSSR count). The molecule has 0 bridgehead atoms. The van der Waals surface area contributed by atoms with Gasteiger partial charge in [-0.25, -0.2) is 0 Å². The highest BCUT2D eigenvalue weighted by atomic mass is 16.5. The van der Waals surface area contributed by atoms with Crippen LogP contribution in [0, 0.1) is 5.41 Å². The molecule has 0 saturated heterocycles. The highest BCUT2D eigenvalue weighted by molar-refractivity contribution is 5.39. The van der Waals surface area contributed by atoms with Crippen molar-refractivity contribution in [3.05, 3.63) is 29.3 Å². The van der Waals surface area contributed by atoms with E-state index in [0.29, 0.717) is 11.5 Å². The van der Waals surface area contributed by atoms with Gasteiger partial charge in [0.15, 0.2) is 0 Å². The van der Waals surface area contributed by atoms with E-state index < -0.39 is 0 Å². The summed E-state index contributed by atoms with van der Waals surface area (Å²) < 4.78 is 5.57. The number of aryl methyl sites for hydroxylation is 1. The van der Waals surface area contributed by atoms with Gasteiger partial charge in [-0.15, -0.1) is 0 Å². The average molecular weight is 275 g/mol. The van der Waals surface area contributed by atoms with Crippen molar-refractivity contribution in [1.29, 1.82) is 0 Å². The summed E-state index contributed by atoms with van der Waals surface area (Å²) >= 11 is 0. The number of ether oxygens (including phenoxy) is 1. The van der Waals surface area contributed by atoms with Gasteiger partial charge in [0, 0.05) is 12.5 Å². The van der Waals surface area contributed by atoms with Crippen LogP contribution in [0.5, 0.6) is 5.75 Å². The number of rotatable bonds is 6. The Balaban J connectivity index is 1.91. The van der Waals surface area contributed by atoms with Crippen LogP contribution in [0.3, 0.4) is 0 Å². The molecule has 0 amide bonds. The van der Waals surface area contributed by atoms with Gasteiger partial charge in [0.25, 0.3) is 0 Å². The zero-order valence-corrected chi connectivity index (χ0v) is 13.5. The highest BCUT2D eigenvalue weighted by Gasteiger charge is 2.18. The van der Waals surface area contributed by atoms with Gasteiger partial charge in [-0.05, 0) is 48.4 Å². The van der Waals surface area contributed by atoms with Crippen molar-refractivity contribution in [1.82, 2.24) is 5.32 Å². The van der Waals surface area contributed by atoms with Crippen LogP contribution in [0.25, 0.3) is 0 Å². The smallest absolute Gasteiger partial charge is 0.122 e. The van der Waals surface area contributed by atoms with Gasteiger partial charge in [0.2, 0.25) is 0 Å². The average Bonchev–Trinajstić information content (AvgIpc) is 2.81. The maximum Gasteiger partial charge on any atom is 0.122 e. The summed E-state index contributed by atoms with van der Waals surface area (Å²) in [5.74, 6) is 1.09. The van der Waals surface area contributed by atoms with E-state index in [4.69, 9.17) is 4.74 Å². The number of hydrogen-bond acceptors (Lipinski definition) is 2. The zero-order chi connectivity index (χ0) is 14.6. The molecule has 1 unspecified atom stereocenters. The van der Waals surface area contributed by atoms with Crippen molar-refractivity contribution < 1.29 is 4.74 Å². The Morgan fingerprint density at radius 1 is 1.30 bits per heavy atom. The first-order chi connectivity index (χ1) is 9.48. The maximum absolute atomic E-state index is 5.57. The van der Waals surface area contributed by atoms with Crippen molar-refractivity contribution in [2.75, 3.05) is 13.2 Å². The highest BCUT2D eigenvalue weighted by Crippen LogP contribution is 2.27. The Kier molecular flexibility index (Phi) is 5.09. The van der Waals surface area contributed by atoms with E-state index in [0.717, 1.165) is 31.7 Å². The molecule has 1 aliphatic heterocycles. The minimum Gasteiger partial charge on any atom is -0.493 e. The fourth-order valence-corrected chi connectivity index (χ4v) is 3.04. The van der Waals surface area contributed by atoms with Gasteiger partial charge in [0.05, 0.1) is 6.61 Å². The molecule has 1 N–H and O–H groups in total. The summed E-state index contributed by atoms with van der Waals surface area (Å²) in [6, 6.07) is 7.32. The van der Waals surface area contributed by atoms with E-state index in [2.05, 4.69) is 51.2 Å². The Labute approximate surface area is 123 Å². The van der Waals surface area contributed by atoms with Crippen molar-refractivity contribution in [2.45, 2.75) is 59.4 Å². The molecule has 1 heterocycles. The van der Waals surface area contributed by atoms with Crippen LogP contribution in [0.2, 0.25) is 0 Å². The molecule has 2 heteroatoms. The largest absolute Gasteiger partial charge is 0.493 e. The SMILES string of the molecule is CCNC(CCc1ccc2c(c1)CCO2)CC(C)(C)C. The predicted molar refractivity (Wildman–Crippen MR) is 85.5 cm³/mol. The predicted octanol–water partition coefficient (Wildman–Crippen LogP) is 3.97. The minimum atomic E-state index is 0.388. The van der Waals surface area contributed by atoms with Crippen molar-refractivity contribution in [3.8, 4) is 5.75 Å². The monoisotopic (exact) mass is 275 g/mol. The molecule has 0 spiro atoms. The molecular weight excluding hydrogens is 246 g/mol. The Morgan fingerprint density at radius 2 is 2.10 bits per heavy atom. The molecule has 0 saturated carbocycles. The van der Waals surface area contributed by atoms with E-state index in [1.165, 1.54) is 24.0 Å². The van der Waals surface area contributed by atoms with Gasteiger partial charge >= 0.3 is 0 Å². The summed E-state index contributed by atoms with van der Waals surface area (Å²) in [6.45, 7) is 11.1. The van der Waals surface area contributed by atoms with Gasteiger partial charge in [-0.3, -0.25) is 0 Å². The lowest BCUT2D eigenvalue weighted by molar-refractivity contribution is 0.301. The van der Waals surface area contributed by atoms with E-state index in [1.807, 2.05) is 0 Å². The Bertz CT molecular complexity index is 434. The summed E-state index contributed by atoms with van der Waals surface area (Å²) in [5.41, 5.74) is 3.22. The fourth-order valence-electron chi connectivity index (χ4n) is 3.04. The third-order valence-electron chi connectivity index (χ3n) is 3.89. The lowest BCUT2D eigenvalue weighted by atomic mass is 9.86. The standard InChI is InChI=1S/C18H29NO/c1-5-19-16(13-18(2,3)4)8-6-14-7-9-17-15(12-14)10-11-20-17/h7,9,12,16,19H,5-6,8,10-11,13H2,1-4H3. The molecule has 20 heavy (non-hydrogen) atoms. The van der Waals surface area contributed by atoms with Gasteiger partial charge in [-0.1, -0.05) is 39.8 Å². The summed E-state index contributed by atoms with van der Waals surface area (Å²) in [6.07, 6.45) is 4.67. The van der Waals surface area contributed by atoms with Crippen LogP contribution in [0.1, 0.15) is 51.7 Å². The molecule has 1 aliphatic rings. The quantitative estimate of drug-likeness (QED) is 0.848. The van der Waals surface area contributed by atoms with Crippen LogP contribution in [0.4, 0.5) is 0 Å². The minimum absolute atomic E-state index is 0.388. The molecule has 112 valence electrons. The molecule has 1 aromatic carbocycles. The van der Waals surface area contributed by atoms with E-state index in [1.54, 1.807) is 0 Å². The van der Waals surface area contributed by atoms with E-state index >= 15 is 0 Å². The Morgan fingerprint density at radius 3 is 2.80 bits per heavy atom. The van der Waals surface area contributed by atoms with Crippen LogP contribution < -0.4 is 10.1 Å². The maximum atomic E-state index is 5.57. The van der Waals surface area contributed by atoms with Crippen molar-refractivity contribution >= 4 is 0 Å². The first-order valence-electron chi connectivity index (χ1n) is 7.96. The molecular formula is C18H29NO. The number of hydrogen-bond donors (Lipinski definition) is 1. The third-order valence-corrected chi connectivity index (χ3v) is 3.89. The summed E-state index contributed by atoms with van der Waals surface area (Å²) in [7, 11) is 0. The van der Waals surface area contributed by atoms with Crippen LogP contribution in [0.15, 0.2) is 18.2 Å². The van der Waals surface area contributed by atoms with Crippen LogP contribution >= 0.6 is 0 Å². The number of nitrogens with one attached hydrogen (secondary N) is 1. The van der Waals surface area contributed by atoms with Crippen LogP contribution in [-0.2, 0) is 12.8 Å². The number of benzene rings is 1. The topological polar surface area (TPSA) is 21.3 Å². The van der Waals surface area contributed by atoms with Gasteiger partial charge in [0.1, 0.15) is 5.75 Å². The molecule has 0 aliphatic carbocycles. The second-order valence-corrected chi connectivity index (χ2v) is 7.10. The third kappa shape index (κ3) is 4.52. The van der Waals surface area contributed by atoms with Gasteiger partial charge < -0.3 is 10.1 Å². The normalized spacial score (nSPS) is 15.8. The van der Waals surface area contributed by atoms with Crippen molar-refractivity contribution in [3.63, 3.8) is 0 Å². The van der Waals surface area contributed by atoms with E-state index in [9.17, 15) is 0 Å². The Hall–Kier alpha value is -1.02. The summed E-state index contributed by atoms with van der Waals surface area (Å²) in [5, 5.41) is 3.64. The first-order valence-corrected chi connectivity index (χ1v) is 7.96. The molecule has 2 nitrogen and oxygen atoms in total. The second kappa shape index (κ2) is 6.62. The van der Waals surface area contributed by atoms with Crippen molar-refractivity contribution in [2.24, 2.45) is 5.41 Å². The lowest BCUT2D eigenvalue weighted by Crippen LogP contribution is -2.33. The van der Waals surface area contributed by atoms with Crippen LogP contribution in [-0.4, -0.2) is 19.2 Å². The van der Waals surface area contributed by atoms with E-state index in [-0.39, 0.29) is 0 Å². The molecule has 0 radical (unpaired) electrons. The summed E-state index contributed by atoms with van der Waals surface area (Å²) in [4.78, 5) is 0. The lowest BCUT2D eigenvalue weighted by Gasteiger charge is -2.26. The number of fused-ring (bicyclic) bond motifs is 1. The zero-order valence-electron chi connectivity index (χ0n) is 13.5. The second-order valence-electron chi connectivity index (χ2n) is 7.10. The molecule has 0 aromatic heterocycles. The first kappa shape index (κ1) is 15.4. The molecule has 0 fully saturated rings. The fraction of sp³-hybridized carbons (Fsp3) is 0.667.